The van der Waals surface area contributed by atoms with Gasteiger partial charge in [-0.2, -0.15) is 0 Å². The maximum Gasteiger partial charge on any atom is 0.215 e. The lowest BCUT2D eigenvalue weighted by Crippen LogP contribution is -2.40. The molecule has 0 amide bonds. The van der Waals surface area contributed by atoms with Gasteiger partial charge in [-0.25, -0.2) is 13.1 Å². The van der Waals surface area contributed by atoms with Crippen LogP contribution in [-0.4, -0.2) is 58.8 Å². The zero-order valence-corrected chi connectivity index (χ0v) is 11.2. The molecule has 2 atom stereocenters. The van der Waals surface area contributed by atoms with Crippen LogP contribution in [0.2, 0.25) is 0 Å². The van der Waals surface area contributed by atoms with Gasteiger partial charge in [-0.05, 0) is 39.9 Å². The summed E-state index contributed by atoms with van der Waals surface area (Å²) in [6, 6.07) is 0. The average Bonchev–Trinajstić information content (AvgIpc) is 2.62. The van der Waals surface area contributed by atoms with Gasteiger partial charge in [0.1, 0.15) is 0 Å². The van der Waals surface area contributed by atoms with Gasteiger partial charge in [-0.15, -0.1) is 0 Å². The molecule has 2 N–H and O–H groups in total. The molecule has 1 heterocycles. The molecule has 1 rings (SSSR count). The van der Waals surface area contributed by atoms with E-state index in [4.69, 9.17) is 0 Å². The van der Waals surface area contributed by atoms with Crippen molar-refractivity contribution < 1.29 is 8.42 Å². The minimum absolute atomic E-state index is 0.378. The Bertz CT molecular complexity index is 305. The third kappa shape index (κ3) is 4.01. The molecule has 1 fully saturated rings. The number of hydrogen-bond acceptors (Lipinski definition) is 4. The fraction of sp³-hybridized carbons (Fsp3) is 1.00. The van der Waals surface area contributed by atoms with Crippen molar-refractivity contribution in [3.8, 4) is 0 Å². The highest BCUT2D eigenvalue weighted by molar-refractivity contribution is 7.90. The summed E-state index contributed by atoms with van der Waals surface area (Å²) >= 11 is 0. The van der Waals surface area contributed by atoms with Gasteiger partial charge in [0.25, 0.3) is 0 Å². The Balaban J connectivity index is 2.36. The predicted molar refractivity (Wildman–Crippen MR) is 65.9 cm³/mol. The van der Waals surface area contributed by atoms with Gasteiger partial charge in [0.15, 0.2) is 0 Å². The quantitative estimate of drug-likeness (QED) is 0.664. The first-order valence-corrected chi connectivity index (χ1v) is 7.32. The molecule has 96 valence electrons. The molecule has 0 aromatic rings. The summed E-state index contributed by atoms with van der Waals surface area (Å²) in [7, 11) is 0.671. The van der Waals surface area contributed by atoms with Gasteiger partial charge in [-0.3, -0.25) is 0 Å². The highest BCUT2D eigenvalue weighted by Gasteiger charge is 2.24. The molecule has 1 aliphatic heterocycles. The molecule has 1 saturated heterocycles. The normalized spacial score (nSPS) is 24.8. The maximum atomic E-state index is 11.8. The summed E-state index contributed by atoms with van der Waals surface area (Å²) in [5.74, 6) is 0.460. The lowest BCUT2D eigenvalue weighted by molar-refractivity contribution is 0.394. The van der Waals surface area contributed by atoms with E-state index in [9.17, 15) is 8.42 Å². The van der Waals surface area contributed by atoms with Crippen molar-refractivity contribution in [1.82, 2.24) is 14.9 Å². The second-order valence-corrected chi connectivity index (χ2v) is 6.86. The Morgan fingerprint density at radius 1 is 1.50 bits per heavy atom. The minimum Gasteiger partial charge on any atom is -0.318 e. The molecule has 0 radical (unpaired) electrons. The Hall–Kier alpha value is -0.170. The SMILES string of the molecule is CNCC(C)S(=O)(=O)NCC1CCN(C)C1. The molecule has 16 heavy (non-hydrogen) atoms. The predicted octanol–water partition coefficient (Wildman–Crippen LogP) is -0.535. The second kappa shape index (κ2) is 5.95. The van der Waals surface area contributed by atoms with Crippen LogP contribution in [0, 0.1) is 5.92 Å². The van der Waals surface area contributed by atoms with Gasteiger partial charge in [0.05, 0.1) is 5.25 Å². The van der Waals surface area contributed by atoms with E-state index in [1.165, 1.54) is 0 Å². The number of nitrogens with one attached hydrogen (secondary N) is 2. The van der Waals surface area contributed by atoms with Gasteiger partial charge >= 0.3 is 0 Å². The molecule has 1 aliphatic rings. The number of likely N-dealkylation sites (tertiary alicyclic amines) is 1. The lowest BCUT2D eigenvalue weighted by atomic mass is 10.1. The molecule has 0 aliphatic carbocycles. The van der Waals surface area contributed by atoms with Crippen molar-refractivity contribution in [2.45, 2.75) is 18.6 Å². The van der Waals surface area contributed by atoms with Crippen LogP contribution in [0.5, 0.6) is 0 Å². The van der Waals surface area contributed by atoms with Crippen LogP contribution in [0.3, 0.4) is 0 Å². The lowest BCUT2D eigenvalue weighted by Gasteiger charge is -2.16. The van der Waals surface area contributed by atoms with Crippen molar-refractivity contribution in [3.05, 3.63) is 0 Å². The van der Waals surface area contributed by atoms with Crippen LogP contribution in [0.1, 0.15) is 13.3 Å². The minimum atomic E-state index is -3.16. The van der Waals surface area contributed by atoms with E-state index in [2.05, 4.69) is 22.0 Å². The fourth-order valence-corrected chi connectivity index (χ4v) is 3.10. The zero-order valence-electron chi connectivity index (χ0n) is 10.4. The smallest absolute Gasteiger partial charge is 0.215 e. The third-order valence-corrected chi connectivity index (χ3v) is 4.88. The highest BCUT2D eigenvalue weighted by atomic mass is 32.2. The fourth-order valence-electron chi connectivity index (χ4n) is 1.97. The molecule has 0 saturated carbocycles. The van der Waals surface area contributed by atoms with Gasteiger partial charge < -0.3 is 10.2 Å². The monoisotopic (exact) mass is 249 g/mol. The van der Waals surface area contributed by atoms with Crippen LogP contribution in [0.4, 0.5) is 0 Å². The van der Waals surface area contributed by atoms with E-state index < -0.39 is 10.0 Å². The van der Waals surface area contributed by atoms with Crippen LogP contribution < -0.4 is 10.0 Å². The summed E-state index contributed by atoms with van der Waals surface area (Å²) in [6.07, 6.45) is 1.08. The highest BCUT2D eigenvalue weighted by Crippen LogP contribution is 2.13. The number of hydrogen-bond donors (Lipinski definition) is 2. The first kappa shape index (κ1) is 13.9. The molecule has 0 spiro atoms. The Kier molecular flexibility index (Phi) is 5.17. The van der Waals surface area contributed by atoms with Crippen molar-refractivity contribution >= 4 is 10.0 Å². The van der Waals surface area contributed by atoms with Crippen molar-refractivity contribution in [2.75, 3.05) is 40.3 Å². The van der Waals surface area contributed by atoms with Gasteiger partial charge in [0.2, 0.25) is 10.0 Å². The molecule has 0 aromatic heterocycles. The van der Waals surface area contributed by atoms with Gasteiger partial charge in [0, 0.05) is 19.6 Å². The number of nitrogens with zero attached hydrogens (tertiary/aromatic N) is 1. The van der Waals surface area contributed by atoms with Crippen molar-refractivity contribution in [3.63, 3.8) is 0 Å². The van der Waals surface area contributed by atoms with E-state index in [-0.39, 0.29) is 5.25 Å². The second-order valence-electron chi connectivity index (χ2n) is 4.68. The zero-order chi connectivity index (χ0) is 12.2. The van der Waals surface area contributed by atoms with Crippen LogP contribution in [0.25, 0.3) is 0 Å². The van der Waals surface area contributed by atoms with Crippen molar-refractivity contribution in [2.24, 2.45) is 5.92 Å². The molecule has 6 heteroatoms. The largest absolute Gasteiger partial charge is 0.318 e. The van der Waals surface area contributed by atoms with E-state index in [1.807, 2.05) is 0 Å². The Morgan fingerprint density at radius 2 is 2.19 bits per heavy atom. The summed E-state index contributed by atoms with van der Waals surface area (Å²) in [5.41, 5.74) is 0. The number of rotatable bonds is 6. The summed E-state index contributed by atoms with van der Waals surface area (Å²) in [4.78, 5) is 2.23. The third-order valence-electron chi connectivity index (χ3n) is 3.08. The van der Waals surface area contributed by atoms with E-state index in [0.717, 1.165) is 19.5 Å². The number of sulfonamides is 1. The summed E-state index contributed by atoms with van der Waals surface area (Å²) < 4.78 is 26.3. The molecular formula is C10H23N3O2S. The van der Waals surface area contributed by atoms with Crippen LogP contribution in [-0.2, 0) is 10.0 Å². The Morgan fingerprint density at radius 3 is 2.69 bits per heavy atom. The van der Waals surface area contributed by atoms with E-state index in [1.54, 1.807) is 14.0 Å². The van der Waals surface area contributed by atoms with Crippen LogP contribution in [0.15, 0.2) is 0 Å². The summed E-state index contributed by atoms with van der Waals surface area (Å²) in [6.45, 7) is 4.83. The first-order valence-electron chi connectivity index (χ1n) is 5.77. The van der Waals surface area contributed by atoms with Crippen LogP contribution >= 0.6 is 0 Å². The average molecular weight is 249 g/mol. The van der Waals surface area contributed by atoms with E-state index in [0.29, 0.717) is 19.0 Å². The van der Waals surface area contributed by atoms with E-state index >= 15 is 0 Å². The molecular weight excluding hydrogens is 226 g/mol. The molecule has 2 unspecified atom stereocenters. The standard InChI is InChI=1S/C10H23N3O2S/c1-9(6-11-2)16(14,15)12-7-10-4-5-13(3)8-10/h9-12H,4-8H2,1-3H3. The topological polar surface area (TPSA) is 61.4 Å². The first-order chi connectivity index (χ1) is 7.45. The molecule has 0 bridgehead atoms. The molecule has 5 nitrogen and oxygen atoms in total. The maximum absolute atomic E-state index is 11.8. The van der Waals surface area contributed by atoms with Crippen molar-refractivity contribution in [1.29, 1.82) is 0 Å². The summed E-state index contributed by atoms with van der Waals surface area (Å²) in [5, 5.41) is 2.50. The van der Waals surface area contributed by atoms with Gasteiger partial charge in [-0.1, -0.05) is 0 Å². The Labute approximate surface area is 98.6 Å². The molecule has 0 aromatic carbocycles.